The van der Waals surface area contributed by atoms with E-state index in [1.54, 1.807) is 0 Å². The molecule has 2 rings (SSSR count). The molecule has 0 radical (unpaired) electrons. The summed E-state index contributed by atoms with van der Waals surface area (Å²) in [5, 5.41) is 6.12. The highest BCUT2D eigenvalue weighted by Crippen LogP contribution is 2.16. The fraction of sp³-hybridized carbons (Fsp3) is 0.417. The van der Waals surface area contributed by atoms with E-state index >= 15 is 0 Å². The lowest BCUT2D eigenvalue weighted by Gasteiger charge is -2.11. The van der Waals surface area contributed by atoms with E-state index < -0.39 is 0 Å². The number of carbonyl (C=O) groups is 1. The SMILES string of the molecule is CCCCCCCC(=O)NC(=S)Nc1ccc(OCCCc2ccccc2)cc1. The predicted octanol–water partition coefficient (Wildman–Crippen LogP) is 5.87. The summed E-state index contributed by atoms with van der Waals surface area (Å²) in [7, 11) is 0. The van der Waals surface area contributed by atoms with E-state index in [0.717, 1.165) is 37.1 Å². The fourth-order valence-electron chi connectivity index (χ4n) is 2.99. The molecule has 0 bridgehead atoms. The highest BCUT2D eigenvalue weighted by Gasteiger charge is 2.05. The Morgan fingerprint density at radius 2 is 1.66 bits per heavy atom. The second-order valence-corrected chi connectivity index (χ2v) is 7.54. The van der Waals surface area contributed by atoms with Crippen molar-refractivity contribution in [1.29, 1.82) is 0 Å². The van der Waals surface area contributed by atoms with E-state index in [9.17, 15) is 4.79 Å². The highest BCUT2D eigenvalue weighted by molar-refractivity contribution is 7.80. The zero-order chi connectivity index (χ0) is 20.7. The molecular weight excluding hydrogens is 380 g/mol. The summed E-state index contributed by atoms with van der Waals surface area (Å²) < 4.78 is 5.79. The van der Waals surface area contributed by atoms with Crippen LogP contribution in [0.5, 0.6) is 5.75 Å². The molecule has 0 saturated heterocycles. The first-order chi connectivity index (χ1) is 14.2. The molecule has 0 aliphatic carbocycles. The normalized spacial score (nSPS) is 10.4. The van der Waals surface area contributed by atoms with Gasteiger partial charge < -0.3 is 15.4 Å². The molecule has 29 heavy (non-hydrogen) atoms. The Kier molecular flexibility index (Phi) is 10.8. The molecular formula is C24H32N2O2S. The number of ether oxygens (including phenoxy) is 1. The minimum absolute atomic E-state index is 0.0302. The molecule has 0 atom stereocenters. The van der Waals surface area contributed by atoms with Crippen LogP contribution in [0.15, 0.2) is 54.6 Å². The number of hydrogen-bond donors (Lipinski definition) is 2. The monoisotopic (exact) mass is 412 g/mol. The Hall–Kier alpha value is -2.40. The van der Waals surface area contributed by atoms with E-state index in [-0.39, 0.29) is 5.91 Å². The maximum Gasteiger partial charge on any atom is 0.226 e. The van der Waals surface area contributed by atoms with Crippen LogP contribution in [0.25, 0.3) is 0 Å². The van der Waals surface area contributed by atoms with Gasteiger partial charge in [-0.05, 0) is 61.3 Å². The number of unbranched alkanes of at least 4 members (excludes halogenated alkanes) is 4. The highest BCUT2D eigenvalue weighted by atomic mass is 32.1. The van der Waals surface area contributed by atoms with Crippen molar-refractivity contribution in [2.45, 2.75) is 58.3 Å². The van der Waals surface area contributed by atoms with E-state index in [4.69, 9.17) is 17.0 Å². The summed E-state index contributed by atoms with van der Waals surface area (Å²) in [6.07, 6.45) is 8.12. The first-order valence-corrected chi connectivity index (χ1v) is 11.0. The van der Waals surface area contributed by atoms with Gasteiger partial charge in [0.15, 0.2) is 5.11 Å². The molecule has 0 unspecified atom stereocenters. The number of rotatable bonds is 12. The van der Waals surface area contributed by atoms with Crippen molar-refractivity contribution in [3.05, 3.63) is 60.2 Å². The van der Waals surface area contributed by atoms with Gasteiger partial charge in [-0.15, -0.1) is 0 Å². The number of nitrogens with one attached hydrogen (secondary N) is 2. The van der Waals surface area contributed by atoms with Gasteiger partial charge in [-0.25, -0.2) is 0 Å². The van der Waals surface area contributed by atoms with Crippen LogP contribution in [0, 0.1) is 0 Å². The molecule has 0 heterocycles. The zero-order valence-corrected chi connectivity index (χ0v) is 18.1. The van der Waals surface area contributed by atoms with Crippen molar-refractivity contribution < 1.29 is 9.53 Å². The molecule has 5 heteroatoms. The number of hydrogen-bond acceptors (Lipinski definition) is 3. The summed E-state index contributed by atoms with van der Waals surface area (Å²) >= 11 is 5.22. The first-order valence-electron chi connectivity index (χ1n) is 10.5. The Balaban J connectivity index is 1.62. The predicted molar refractivity (Wildman–Crippen MR) is 124 cm³/mol. The van der Waals surface area contributed by atoms with Crippen LogP contribution in [-0.2, 0) is 11.2 Å². The Bertz CT molecular complexity index is 732. The van der Waals surface area contributed by atoms with Crippen molar-refractivity contribution in [2.75, 3.05) is 11.9 Å². The number of aryl methyl sites for hydroxylation is 1. The standard InChI is InChI=1S/C24H32N2O2S/c1-2-3-4-5-9-14-23(27)26-24(29)25-21-15-17-22(18-16-21)28-19-10-13-20-11-7-6-8-12-20/h6-8,11-12,15-18H,2-5,9-10,13-14,19H2,1H3,(H2,25,26,27,29). The average Bonchev–Trinajstić information content (AvgIpc) is 2.73. The smallest absolute Gasteiger partial charge is 0.226 e. The largest absolute Gasteiger partial charge is 0.494 e. The van der Waals surface area contributed by atoms with Gasteiger partial charge >= 0.3 is 0 Å². The molecule has 0 aromatic heterocycles. The number of thiocarbonyl (C=S) groups is 1. The van der Waals surface area contributed by atoms with Gasteiger partial charge in [0.2, 0.25) is 5.91 Å². The molecule has 4 nitrogen and oxygen atoms in total. The number of carbonyl (C=O) groups excluding carboxylic acids is 1. The fourth-order valence-corrected chi connectivity index (χ4v) is 3.22. The van der Waals surface area contributed by atoms with Gasteiger partial charge in [-0.2, -0.15) is 0 Å². The molecule has 0 aliphatic heterocycles. The Morgan fingerprint density at radius 3 is 2.38 bits per heavy atom. The lowest BCUT2D eigenvalue weighted by atomic mass is 10.1. The van der Waals surface area contributed by atoms with Crippen molar-refractivity contribution in [1.82, 2.24) is 5.32 Å². The molecule has 2 aromatic rings. The third-order valence-electron chi connectivity index (χ3n) is 4.59. The van der Waals surface area contributed by atoms with Crippen molar-refractivity contribution in [3.8, 4) is 5.75 Å². The lowest BCUT2D eigenvalue weighted by molar-refractivity contribution is -0.119. The third kappa shape index (κ3) is 10.1. The summed E-state index contributed by atoms with van der Waals surface area (Å²) in [4.78, 5) is 11.9. The van der Waals surface area contributed by atoms with Gasteiger partial charge in [0.25, 0.3) is 0 Å². The molecule has 0 spiro atoms. The molecule has 2 N–H and O–H groups in total. The Labute approximate surface area is 180 Å². The second kappa shape index (κ2) is 13.7. The molecule has 0 saturated carbocycles. The van der Waals surface area contributed by atoms with Crippen molar-refractivity contribution in [3.63, 3.8) is 0 Å². The minimum Gasteiger partial charge on any atom is -0.494 e. The van der Waals surface area contributed by atoms with Crippen molar-refractivity contribution in [2.24, 2.45) is 0 Å². The van der Waals surface area contributed by atoms with Crippen LogP contribution in [0.2, 0.25) is 0 Å². The zero-order valence-electron chi connectivity index (χ0n) is 17.3. The van der Waals surface area contributed by atoms with Crippen LogP contribution in [-0.4, -0.2) is 17.6 Å². The molecule has 2 aromatic carbocycles. The summed E-state index contributed by atoms with van der Waals surface area (Å²) in [5.41, 5.74) is 2.15. The van der Waals surface area contributed by atoms with Gasteiger partial charge in [0.1, 0.15) is 5.75 Å². The van der Waals surface area contributed by atoms with Crippen LogP contribution in [0.3, 0.4) is 0 Å². The molecule has 1 amide bonds. The maximum absolute atomic E-state index is 11.9. The number of anilines is 1. The number of benzene rings is 2. The maximum atomic E-state index is 11.9. The van der Waals surface area contributed by atoms with Crippen LogP contribution >= 0.6 is 12.2 Å². The Morgan fingerprint density at radius 1 is 0.931 bits per heavy atom. The third-order valence-corrected chi connectivity index (χ3v) is 4.80. The van der Waals surface area contributed by atoms with E-state index in [1.165, 1.54) is 24.8 Å². The lowest BCUT2D eigenvalue weighted by Crippen LogP contribution is -2.33. The van der Waals surface area contributed by atoms with Gasteiger partial charge in [0, 0.05) is 12.1 Å². The van der Waals surface area contributed by atoms with Crippen LogP contribution in [0.1, 0.15) is 57.4 Å². The van der Waals surface area contributed by atoms with Crippen LogP contribution in [0.4, 0.5) is 5.69 Å². The molecule has 0 aliphatic rings. The summed E-state index contributed by atoms with van der Waals surface area (Å²) in [5.74, 6) is 0.794. The molecule has 0 fully saturated rings. The minimum atomic E-state index is -0.0302. The molecule has 156 valence electrons. The first kappa shape index (κ1) is 22.9. The van der Waals surface area contributed by atoms with Gasteiger partial charge in [0.05, 0.1) is 6.61 Å². The van der Waals surface area contributed by atoms with Gasteiger partial charge in [-0.1, -0.05) is 62.9 Å². The van der Waals surface area contributed by atoms with E-state index in [0.29, 0.717) is 18.1 Å². The topological polar surface area (TPSA) is 50.4 Å². The second-order valence-electron chi connectivity index (χ2n) is 7.13. The summed E-state index contributed by atoms with van der Waals surface area (Å²) in [6.45, 7) is 2.86. The van der Waals surface area contributed by atoms with E-state index in [2.05, 4.69) is 41.8 Å². The average molecular weight is 413 g/mol. The number of amides is 1. The quantitative estimate of drug-likeness (QED) is 0.338. The van der Waals surface area contributed by atoms with E-state index in [1.807, 2.05) is 30.3 Å². The van der Waals surface area contributed by atoms with Crippen molar-refractivity contribution >= 4 is 28.9 Å². The summed E-state index contributed by atoms with van der Waals surface area (Å²) in [6, 6.07) is 18.0. The van der Waals surface area contributed by atoms with Gasteiger partial charge in [-0.3, -0.25) is 4.79 Å². The van der Waals surface area contributed by atoms with Crippen LogP contribution < -0.4 is 15.4 Å².